The molecule has 0 aromatic carbocycles. The maximum Gasteiger partial charge on any atom is 0.218 e. The van der Waals surface area contributed by atoms with Crippen LogP contribution in [0.4, 0.5) is 0 Å². The molecule has 0 saturated carbocycles. The smallest absolute Gasteiger partial charge is 0.218 e. The van der Waals surface area contributed by atoms with E-state index >= 15 is 0 Å². The Morgan fingerprint density at radius 1 is 1.06 bits per heavy atom. The van der Waals surface area contributed by atoms with Crippen LogP contribution in [0.25, 0.3) is 0 Å². The van der Waals surface area contributed by atoms with Gasteiger partial charge >= 0.3 is 0 Å². The lowest BCUT2D eigenvalue weighted by molar-refractivity contribution is -0.226. The summed E-state index contributed by atoms with van der Waals surface area (Å²) in [6.45, 7) is -0.851. The fourth-order valence-electron chi connectivity index (χ4n) is 1.52. The lowest BCUT2D eigenvalue weighted by Gasteiger charge is -2.35. The second kappa shape index (κ2) is 5.80. The van der Waals surface area contributed by atoms with Crippen molar-refractivity contribution >= 4 is 0 Å². The highest BCUT2D eigenvalue weighted by Gasteiger charge is 2.44. The van der Waals surface area contributed by atoms with Gasteiger partial charge in [0.1, 0.15) is 30.5 Å². The Morgan fingerprint density at radius 2 is 1.61 bits per heavy atom. The zero-order chi connectivity index (χ0) is 14.0. The lowest BCUT2D eigenvalue weighted by atomic mass is 9.96. The number of hydrogen-bond acceptors (Lipinski definition) is 9. The summed E-state index contributed by atoms with van der Waals surface area (Å²) in [4.78, 5) is 0. The van der Waals surface area contributed by atoms with Gasteiger partial charge in [-0.3, -0.25) is 0 Å². The first kappa shape index (κ1) is 15.1. The van der Waals surface area contributed by atoms with Crippen LogP contribution in [0.5, 0.6) is 0 Å². The van der Waals surface area contributed by atoms with Crippen LogP contribution in [0.2, 0.25) is 0 Å². The highest BCUT2D eigenvalue weighted by Crippen LogP contribution is 2.25. The second-order valence-electron chi connectivity index (χ2n) is 3.90. The van der Waals surface area contributed by atoms with Crippen molar-refractivity contribution in [1.29, 1.82) is 0 Å². The standard InChI is InChI=1S/C9H16O9/c10-1-2(11)3(12)5(14)8-6(15)4(13)7(16)9(17)18-8/h2-3,5-6,8-17H,1H2/t2-,3-,5+,6+,8+,9?/m1/s1. The third-order valence-corrected chi connectivity index (χ3v) is 2.64. The molecule has 0 bridgehead atoms. The van der Waals surface area contributed by atoms with Crippen LogP contribution in [0, 0.1) is 0 Å². The summed E-state index contributed by atoms with van der Waals surface area (Å²) in [5.41, 5.74) is 0. The normalized spacial score (nSPS) is 34.2. The molecule has 9 nitrogen and oxygen atoms in total. The number of ether oxygens (including phenoxy) is 1. The van der Waals surface area contributed by atoms with Crippen LogP contribution in [0.1, 0.15) is 0 Å². The zero-order valence-corrected chi connectivity index (χ0v) is 9.16. The summed E-state index contributed by atoms with van der Waals surface area (Å²) in [5.74, 6) is -2.02. The monoisotopic (exact) mass is 268 g/mol. The molecular formula is C9H16O9. The van der Waals surface area contributed by atoms with E-state index in [9.17, 15) is 20.4 Å². The Balaban J connectivity index is 2.85. The Bertz CT molecular complexity index is 317. The topological polar surface area (TPSA) is 171 Å². The highest BCUT2D eigenvalue weighted by atomic mass is 16.6. The van der Waals surface area contributed by atoms with Crippen molar-refractivity contribution in [2.24, 2.45) is 0 Å². The van der Waals surface area contributed by atoms with Crippen LogP contribution in [-0.2, 0) is 4.74 Å². The molecule has 9 heteroatoms. The van der Waals surface area contributed by atoms with Gasteiger partial charge in [-0.1, -0.05) is 0 Å². The fourth-order valence-corrected chi connectivity index (χ4v) is 1.52. The molecule has 0 amide bonds. The van der Waals surface area contributed by atoms with Crippen molar-refractivity contribution in [3.63, 3.8) is 0 Å². The van der Waals surface area contributed by atoms with E-state index in [0.29, 0.717) is 0 Å². The van der Waals surface area contributed by atoms with Crippen molar-refractivity contribution < 1.29 is 45.6 Å². The highest BCUT2D eigenvalue weighted by molar-refractivity contribution is 5.13. The van der Waals surface area contributed by atoms with Crippen molar-refractivity contribution in [3.05, 3.63) is 11.5 Å². The molecule has 0 aromatic heterocycles. The van der Waals surface area contributed by atoms with Gasteiger partial charge in [-0.05, 0) is 0 Å². The van der Waals surface area contributed by atoms with E-state index in [2.05, 4.69) is 4.74 Å². The van der Waals surface area contributed by atoms with Gasteiger partial charge in [0.05, 0.1) is 6.61 Å². The summed E-state index contributed by atoms with van der Waals surface area (Å²) >= 11 is 0. The zero-order valence-electron chi connectivity index (χ0n) is 9.16. The minimum absolute atomic E-state index is 0.851. The molecule has 18 heavy (non-hydrogen) atoms. The first-order valence-electron chi connectivity index (χ1n) is 5.09. The van der Waals surface area contributed by atoms with Gasteiger partial charge in [0, 0.05) is 0 Å². The molecule has 1 heterocycles. The average Bonchev–Trinajstić information content (AvgIpc) is 2.37. The summed E-state index contributed by atoms with van der Waals surface area (Å²) in [6, 6.07) is 0. The minimum Gasteiger partial charge on any atom is -0.506 e. The number of rotatable bonds is 4. The average molecular weight is 268 g/mol. The lowest BCUT2D eigenvalue weighted by Crippen LogP contribution is -2.54. The van der Waals surface area contributed by atoms with E-state index in [4.69, 9.17) is 20.4 Å². The van der Waals surface area contributed by atoms with Gasteiger partial charge < -0.3 is 45.6 Å². The number of hydrogen-bond donors (Lipinski definition) is 8. The Morgan fingerprint density at radius 3 is 2.11 bits per heavy atom. The predicted octanol–water partition coefficient (Wildman–Crippen LogP) is -3.53. The van der Waals surface area contributed by atoms with Gasteiger partial charge in [0.25, 0.3) is 0 Å². The van der Waals surface area contributed by atoms with E-state index in [1.165, 1.54) is 0 Å². The third kappa shape index (κ3) is 2.72. The van der Waals surface area contributed by atoms with Crippen LogP contribution in [-0.4, -0.2) is 84.3 Å². The molecule has 1 unspecified atom stereocenters. The Kier molecular flexibility index (Phi) is 4.87. The molecule has 0 radical (unpaired) electrons. The molecule has 0 aromatic rings. The van der Waals surface area contributed by atoms with Crippen molar-refractivity contribution in [1.82, 2.24) is 0 Å². The van der Waals surface area contributed by atoms with E-state index in [0.717, 1.165) is 0 Å². The van der Waals surface area contributed by atoms with Crippen LogP contribution >= 0.6 is 0 Å². The quantitative estimate of drug-likeness (QED) is 0.257. The largest absolute Gasteiger partial charge is 0.506 e. The molecule has 6 atom stereocenters. The van der Waals surface area contributed by atoms with Gasteiger partial charge in [0.15, 0.2) is 11.5 Å². The van der Waals surface area contributed by atoms with Gasteiger partial charge in [0.2, 0.25) is 6.29 Å². The number of aliphatic hydroxyl groups excluding tert-OH is 8. The van der Waals surface area contributed by atoms with E-state index in [1.807, 2.05) is 0 Å². The van der Waals surface area contributed by atoms with Gasteiger partial charge in [-0.2, -0.15) is 0 Å². The minimum atomic E-state index is -1.98. The first-order valence-corrected chi connectivity index (χ1v) is 5.09. The number of aliphatic hydroxyl groups is 8. The second-order valence-corrected chi connectivity index (χ2v) is 3.90. The SMILES string of the molecule is OC[C@@H](O)[C@@H](O)[C@H](O)[C@@H]1OC(O)C(O)=C(O)[C@@H]1O. The molecule has 1 aliphatic heterocycles. The molecule has 106 valence electrons. The fraction of sp³-hybridized carbons (Fsp3) is 0.778. The first-order chi connectivity index (χ1) is 8.31. The van der Waals surface area contributed by atoms with E-state index in [-0.39, 0.29) is 0 Å². The summed E-state index contributed by atoms with van der Waals surface area (Å²) < 4.78 is 4.59. The van der Waals surface area contributed by atoms with Crippen LogP contribution in [0.3, 0.4) is 0 Å². The van der Waals surface area contributed by atoms with Crippen molar-refractivity contribution in [2.75, 3.05) is 6.61 Å². The third-order valence-electron chi connectivity index (χ3n) is 2.64. The molecule has 1 aliphatic rings. The van der Waals surface area contributed by atoms with Crippen LogP contribution in [0.15, 0.2) is 11.5 Å². The summed E-state index contributed by atoms with van der Waals surface area (Å²) in [7, 11) is 0. The molecule has 0 fully saturated rings. The van der Waals surface area contributed by atoms with Gasteiger partial charge in [-0.15, -0.1) is 0 Å². The molecular weight excluding hydrogens is 252 g/mol. The summed E-state index contributed by atoms with van der Waals surface area (Å²) in [5, 5.41) is 73.7. The molecule has 8 N–H and O–H groups in total. The molecule has 0 spiro atoms. The van der Waals surface area contributed by atoms with E-state index < -0.39 is 54.9 Å². The molecule has 1 rings (SSSR count). The Labute approximate surface area is 101 Å². The summed E-state index contributed by atoms with van der Waals surface area (Å²) in [6.07, 6.45) is -11.1. The molecule has 0 saturated heterocycles. The van der Waals surface area contributed by atoms with E-state index in [1.54, 1.807) is 0 Å². The van der Waals surface area contributed by atoms with Crippen molar-refractivity contribution in [2.45, 2.75) is 36.8 Å². The predicted molar refractivity (Wildman–Crippen MR) is 54.3 cm³/mol. The Hall–Kier alpha value is -0.940. The maximum atomic E-state index is 9.60. The maximum absolute atomic E-state index is 9.60. The van der Waals surface area contributed by atoms with Gasteiger partial charge in [-0.25, -0.2) is 0 Å². The molecule has 0 aliphatic carbocycles. The van der Waals surface area contributed by atoms with Crippen molar-refractivity contribution in [3.8, 4) is 0 Å². The van der Waals surface area contributed by atoms with Crippen LogP contribution < -0.4 is 0 Å².